The van der Waals surface area contributed by atoms with E-state index in [-0.39, 0.29) is 98.1 Å². The first-order valence-electron chi connectivity index (χ1n) is 1.58. The number of allylic oxidation sites excluding steroid dienone is 3. The third-order valence-corrected chi connectivity index (χ3v) is 0.304. The first-order valence-corrected chi connectivity index (χ1v) is 1.58. The van der Waals surface area contributed by atoms with Crippen LogP contribution in [-0.2, 0) is 98.1 Å². The molecule has 0 fully saturated rings. The third-order valence-electron chi connectivity index (χ3n) is 0.304. The van der Waals surface area contributed by atoms with E-state index in [1.54, 1.807) is 6.08 Å². The molecule has 0 aromatic heterocycles. The Kier molecular flexibility index (Phi) is 63.3. The van der Waals surface area contributed by atoms with Crippen molar-refractivity contribution in [2.75, 3.05) is 0 Å². The summed E-state index contributed by atoms with van der Waals surface area (Å²) in [6.45, 7) is 6.85. The monoisotopic (exact) mass is 334 g/mol. The van der Waals surface area contributed by atoms with Crippen molar-refractivity contribution >= 4 is 0 Å². The fourth-order valence-electron chi connectivity index (χ4n) is 0.111. The molecule has 0 saturated heterocycles. The van der Waals surface area contributed by atoms with E-state index in [2.05, 4.69) is 0 Å². The molecule has 0 saturated carbocycles. The second-order valence-electron chi connectivity index (χ2n) is 0.718. The summed E-state index contributed by atoms with van der Waals surface area (Å²) in [6, 6.07) is 0. The van der Waals surface area contributed by atoms with Gasteiger partial charge < -0.3 is 0 Å². The van der Waals surface area contributed by atoms with Crippen LogP contribution >= 0.6 is 0 Å². The van der Waals surface area contributed by atoms with E-state index in [0.29, 0.717) is 0 Å². The molecule has 37 valence electrons. The zero-order valence-corrected chi connectivity index (χ0v) is 13.6. The molecule has 0 aromatic carbocycles. The molecule has 3 radical (unpaired) electrons. The molecular formula is C5H7Y3-. The number of hydrogen-bond acceptors (Lipinski definition) is 0. The third kappa shape index (κ3) is 23.2. The Balaban J connectivity index is -0.0000000267. The quantitative estimate of drug-likeness (QED) is 0.504. The molecule has 0 spiro atoms. The van der Waals surface area contributed by atoms with E-state index < -0.39 is 0 Å². The van der Waals surface area contributed by atoms with Gasteiger partial charge in [0.05, 0.1) is 0 Å². The van der Waals surface area contributed by atoms with Crippen molar-refractivity contribution in [1.29, 1.82) is 0 Å². The zero-order valence-electron chi connectivity index (χ0n) is 5.04. The molecule has 0 unspecified atom stereocenters. The Hall–Kier alpha value is 2.79. The summed E-state index contributed by atoms with van der Waals surface area (Å²) in [5.41, 5.74) is 0. The van der Waals surface area contributed by atoms with Crippen LogP contribution in [0.5, 0.6) is 0 Å². The topological polar surface area (TPSA) is 0 Å². The smallest absolute Gasteiger partial charge is 0 e. The van der Waals surface area contributed by atoms with Gasteiger partial charge in [0.25, 0.3) is 0 Å². The van der Waals surface area contributed by atoms with Crippen LogP contribution in [0.3, 0.4) is 0 Å². The Morgan fingerprint density at radius 1 is 1.12 bits per heavy atom. The molecule has 0 bridgehead atoms. The maximum absolute atomic E-state index is 4.93. The predicted octanol–water partition coefficient (Wildman–Crippen LogP) is 1.54. The summed E-state index contributed by atoms with van der Waals surface area (Å²) in [5, 5.41) is 0. The van der Waals surface area contributed by atoms with Crippen molar-refractivity contribution in [1.82, 2.24) is 0 Å². The summed E-state index contributed by atoms with van der Waals surface area (Å²) in [4.78, 5) is 0. The summed E-state index contributed by atoms with van der Waals surface area (Å²) in [5.74, 6) is 0. The van der Waals surface area contributed by atoms with Crippen LogP contribution < -0.4 is 0 Å². The van der Waals surface area contributed by atoms with Gasteiger partial charge in [-0.3, -0.25) is 6.58 Å². The summed E-state index contributed by atoms with van der Waals surface area (Å²) in [6.07, 6.45) is 5.15. The Morgan fingerprint density at radius 2 is 1.50 bits per heavy atom. The van der Waals surface area contributed by atoms with Gasteiger partial charge in [-0.05, 0) is 0 Å². The van der Waals surface area contributed by atoms with Crippen molar-refractivity contribution in [2.45, 2.75) is 6.92 Å². The van der Waals surface area contributed by atoms with E-state index in [9.17, 15) is 0 Å². The zero-order chi connectivity index (χ0) is 4.12. The van der Waals surface area contributed by atoms with Gasteiger partial charge in [-0.2, -0.15) is 6.08 Å². The standard InChI is InChI=1S/C5H7.3Y/c1-3-5-4-2;;;/h1,3-5H,2H3;;;/q-1;;;/b5-4+;;;. The van der Waals surface area contributed by atoms with Crippen LogP contribution in [0.2, 0.25) is 0 Å². The van der Waals surface area contributed by atoms with Gasteiger partial charge >= 0.3 is 0 Å². The van der Waals surface area contributed by atoms with E-state index in [1.807, 2.05) is 13.0 Å². The first-order chi connectivity index (χ1) is 2.41. The van der Waals surface area contributed by atoms with Crippen molar-refractivity contribution < 1.29 is 98.1 Å². The molecule has 0 amide bonds. The van der Waals surface area contributed by atoms with Crippen molar-refractivity contribution in [3.05, 3.63) is 24.8 Å². The molecule has 0 nitrogen and oxygen atoms in total. The molecule has 0 aliphatic heterocycles. The van der Waals surface area contributed by atoms with Crippen LogP contribution in [0.25, 0.3) is 0 Å². The molecule has 0 aliphatic carbocycles. The second kappa shape index (κ2) is 22.6. The molecule has 0 N–H and O–H groups in total. The van der Waals surface area contributed by atoms with Crippen molar-refractivity contribution in [3.8, 4) is 0 Å². The number of hydrogen-bond donors (Lipinski definition) is 0. The van der Waals surface area contributed by atoms with Crippen molar-refractivity contribution in [3.63, 3.8) is 0 Å². The summed E-state index contributed by atoms with van der Waals surface area (Å²) in [7, 11) is 0. The molecular weight excluding hydrogens is 327 g/mol. The maximum Gasteiger partial charge on any atom is 0 e. The minimum Gasteiger partial charge on any atom is -0.293 e. The van der Waals surface area contributed by atoms with E-state index in [1.165, 1.54) is 6.08 Å². The molecule has 3 heteroatoms. The van der Waals surface area contributed by atoms with Gasteiger partial charge in [-0.1, -0.05) is 6.92 Å². The van der Waals surface area contributed by atoms with Crippen LogP contribution in [0.15, 0.2) is 18.2 Å². The minimum atomic E-state index is 0. The average Bonchev–Trinajstić information content (AvgIpc) is 1.41. The van der Waals surface area contributed by atoms with Crippen LogP contribution in [0.1, 0.15) is 6.92 Å². The summed E-state index contributed by atoms with van der Waals surface area (Å²) < 4.78 is 0. The van der Waals surface area contributed by atoms with Gasteiger partial charge in [-0.15, -0.1) is 0 Å². The Morgan fingerprint density at radius 3 is 1.50 bits per heavy atom. The Labute approximate surface area is 127 Å². The fraction of sp³-hybridized carbons (Fsp3) is 0.200. The first kappa shape index (κ1) is 22.4. The minimum absolute atomic E-state index is 0. The van der Waals surface area contributed by atoms with Gasteiger partial charge in [0.15, 0.2) is 0 Å². The number of rotatable bonds is 1. The molecule has 0 aliphatic rings. The average molecular weight is 334 g/mol. The normalized spacial score (nSPS) is 5.62. The fourth-order valence-corrected chi connectivity index (χ4v) is 0.111. The van der Waals surface area contributed by atoms with Crippen LogP contribution in [0, 0.1) is 6.58 Å². The van der Waals surface area contributed by atoms with Gasteiger partial charge in [0.1, 0.15) is 0 Å². The summed E-state index contributed by atoms with van der Waals surface area (Å²) >= 11 is 0. The van der Waals surface area contributed by atoms with Gasteiger partial charge in [-0.25, -0.2) is 12.2 Å². The maximum atomic E-state index is 4.93. The van der Waals surface area contributed by atoms with Gasteiger partial charge in [0.2, 0.25) is 0 Å². The van der Waals surface area contributed by atoms with E-state index >= 15 is 0 Å². The SMILES string of the molecule is [CH-]=C/C=C/C.[Y].[Y].[Y]. The van der Waals surface area contributed by atoms with E-state index in [4.69, 9.17) is 6.58 Å². The molecule has 0 rings (SSSR count). The Bertz CT molecular complexity index is 49.6. The van der Waals surface area contributed by atoms with Gasteiger partial charge in [0, 0.05) is 98.1 Å². The predicted molar refractivity (Wildman–Crippen MR) is 23.7 cm³/mol. The molecule has 0 heterocycles. The molecule has 0 atom stereocenters. The van der Waals surface area contributed by atoms with Crippen LogP contribution in [0.4, 0.5) is 0 Å². The van der Waals surface area contributed by atoms with E-state index in [0.717, 1.165) is 0 Å². The van der Waals surface area contributed by atoms with Crippen LogP contribution in [-0.4, -0.2) is 0 Å². The van der Waals surface area contributed by atoms with Crippen molar-refractivity contribution in [2.24, 2.45) is 0 Å². The molecule has 0 aromatic rings. The molecule has 8 heavy (non-hydrogen) atoms. The largest absolute Gasteiger partial charge is 0.293 e. The second-order valence-corrected chi connectivity index (χ2v) is 0.718.